The van der Waals surface area contributed by atoms with Gasteiger partial charge in [-0.05, 0) is 49.2 Å². The zero-order chi connectivity index (χ0) is 18.4. The van der Waals surface area contributed by atoms with Crippen molar-refractivity contribution in [2.24, 2.45) is 0 Å². The summed E-state index contributed by atoms with van der Waals surface area (Å²) in [4.78, 5) is 14.1. The number of benzene rings is 1. The van der Waals surface area contributed by atoms with E-state index in [9.17, 15) is 4.79 Å². The molecule has 0 spiro atoms. The lowest BCUT2D eigenvalue weighted by Gasteiger charge is -2.22. The number of nitrogens with one attached hydrogen (secondary N) is 3. The van der Waals surface area contributed by atoms with Crippen LogP contribution in [0.5, 0.6) is 0 Å². The van der Waals surface area contributed by atoms with Gasteiger partial charge < -0.3 is 15.5 Å². The van der Waals surface area contributed by atoms with Crippen LogP contribution in [0.2, 0.25) is 0 Å². The van der Waals surface area contributed by atoms with Gasteiger partial charge in [-0.15, -0.1) is 10.2 Å². The standard InChI is InChI=1S/C19H26N6O/c1-25(2)16-10-8-15(9-11-16)20-17-12-13-18(24-23-17)22-19(26)21-14-6-4-3-5-7-14/h8-14H,3-7H2,1-2H3,(H,20,23)(H2,21,22,24,26). The Morgan fingerprint density at radius 1 is 0.962 bits per heavy atom. The Kier molecular flexibility index (Phi) is 5.88. The van der Waals surface area contributed by atoms with Crippen LogP contribution in [0.3, 0.4) is 0 Å². The highest BCUT2D eigenvalue weighted by atomic mass is 16.2. The van der Waals surface area contributed by atoms with Crippen LogP contribution in [0, 0.1) is 0 Å². The van der Waals surface area contributed by atoms with Crippen molar-refractivity contribution in [3.8, 4) is 0 Å². The number of nitrogens with zero attached hydrogens (tertiary/aromatic N) is 3. The summed E-state index contributed by atoms with van der Waals surface area (Å²) < 4.78 is 0. The van der Waals surface area contributed by atoms with Gasteiger partial charge in [0.25, 0.3) is 0 Å². The van der Waals surface area contributed by atoms with Crippen LogP contribution in [0.1, 0.15) is 32.1 Å². The van der Waals surface area contributed by atoms with E-state index in [2.05, 4.69) is 26.1 Å². The molecule has 0 bridgehead atoms. The number of amides is 2. The summed E-state index contributed by atoms with van der Waals surface area (Å²) in [5, 5.41) is 17.1. The molecule has 0 unspecified atom stereocenters. The van der Waals surface area contributed by atoms with Crippen LogP contribution in [0.25, 0.3) is 0 Å². The number of rotatable bonds is 5. The summed E-state index contributed by atoms with van der Waals surface area (Å²) in [6.07, 6.45) is 5.72. The third-order valence-corrected chi connectivity index (χ3v) is 4.50. The maximum absolute atomic E-state index is 12.0. The van der Waals surface area contributed by atoms with Crippen LogP contribution >= 0.6 is 0 Å². The van der Waals surface area contributed by atoms with Gasteiger partial charge in [0.05, 0.1) is 0 Å². The average molecular weight is 354 g/mol. The lowest BCUT2D eigenvalue weighted by molar-refractivity contribution is 0.244. The lowest BCUT2D eigenvalue weighted by Crippen LogP contribution is -2.39. The molecule has 3 rings (SSSR count). The topological polar surface area (TPSA) is 82.2 Å². The molecule has 0 atom stereocenters. The van der Waals surface area contributed by atoms with Crippen molar-refractivity contribution in [3.63, 3.8) is 0 Å². The minimum Gasteiger partial charge on any atom is -0.378 e. The molecule has 2 amide bonds. The first-order valence-electron chi connectivity index (χ1n) is 9.06. The average Bonchev–Trinajstić information content (AvgIpc) is 2.64. The minimum absolute atomic E-state index is 0.216. The SMILES string of the molecule is CN(C)c1ccc(Nc2ccc(NC(=O)NC3CCCCC3)nn2)cc1. The molecule has 1 heterocycles. The van der Waals surface area contributed by atoms with E-state index in [-0.39, 0.29) is 12.1 Å². The van der Waals surface area contributed by atoms with Crippen molar-refractivity contribution >= 4 is 29.0 Å². The Balaban J connectivity index is 1.52. The Morgan fingerprint density at radius 2 is 1.62 bits per heavy atom. The summed E-state index contributed by atoms with van der Waals surface area (Å²) in [5.74, 6) is 1.06. The minimum atomic E-state index is -0.216. The molecular formula is C19H26N6O. The molecule has 1 aliphatic rings. The molecule has 1 aromatic heterocycles. The highest BCUT2D eigenvalue weighted by Crippen LogP contribution is 2.19. The van der Waals surface area contributed by atoms with E-state index < -0.39 is 0 Å². The van der Waals surface area contributed by atoms with E-state index in [1.165, 1.54) is 19.3 Å². The number of hydrogen-bond donors (Lipinski definition) is 3. The molecule has 3 N–H and O–H groups in total. The van der Waals surface area contributed by atoms with Crippen LogP contribution in [0.15, 0.2) is 36.4 Å². The van der Waals surface area contributed by atoms with E-state index >= 15 is 0 Å². The monoisotopic (exact) mass is 354 g/mol. The predicted molar refractivity (Wildman–Crippen MR) is 105 cm³/mol. The number of urea groups is 1. The molecule has 1 aliphatic carbocycles. The number of carbonyl (C=O) groups excluding carboxylic acids is 1. The normalized spacial score (nSPS) is 14.5. The van der Waals surface area contributed by atoms with Gasteiger partial charge in [-0.2, -0.15) is 0 Å². The largest absolute Gasteiger partial charge is 0.378 e. The number of carbonyl (C=O) groups is 1. The number of aromatic nitrogens is 2. The fraction of sp³-hybridized carbons (Fsp3) is 0.421. The van der Waals surface area contributed by atoms with Crippen molar-refractivity contribution in [3.05, 3.63) is 36.4 Å². The van der Waals surface area contributed by atoms with Crippen molar-refractivity contribution < 1.29 is 4.79 Å². The van der Waals surface area contributed by atoms with E-state index in [1.54, 1.807) is 12.1 Å². The highest BCUT2D eigenvalue weighted by Gasteiger charge is 2.15. The van der Waals surface area contributed by atoms with Gasteiger partial charge in [-0.1, -0.05) is 19.3 Å². The second-order valence-corrected chi connectivity index (χ2v) is 6.80. The Bertz CT molecular complexity index is 708. The van der Waals surface area contributed by atoms with Crippen molar-refractivity contribution in [2.75, 3.05) is 29.6 Å². The Morgan fingerprint density at radius 3 is 2.23 bits per heavy atom. The maximum Gasteiger partial charge on any atom is 0.320 e. The van der Waals surface area contributed by atoms with Gasteiger partial charge in [-0.3, -0.25) is 5.32 Å². The third kappa shape index (κ3) is 5.08. The molecular weight excluding hydrogens is 328 g/mol. The molecule has 26 heavy (non-hydrogen) atoms. The highest BCUT2D eigenvalue weighted by molar-refractivity contribution is 5.88. The van der Waals surface area contributed by atoms with Crippen LogP contribution < -0.4 is 20.9 Å². The first kappa shape index (κ1) is 18.0. The summed E-state index contributed by atoms with van der Waals surface area (Å²) in [7, 11) is 4.01. The zero-order valence-electron chi connectivity index (χ0n) is 15.3. The molecule has 2 aromatic rings. The van der Waals surface area contributed by atoms with Crippen LogP contribution in [0.4, 0.5) is 27.8 Å². The second-order valence-electron chi connectivity index (χ2n) is 6.80. The van der Waals surface area contributed by atoms with Crippen molar-refractivity contribution in [2.45, 2.75) is 38.1 Å². The zero-order valence-corrected chi connectivity index (χ0v) is 15.3. The fourth-order valence-corrected chi connectivity index (χ4v) is 3.04. The molecule has 0 radical (unpaired) electrons. The molecule has 1 aromatic carbocycles. The number of anilines is 4. The van der Waals surface area contributed by atoms with Crippen molar-refractivity contribution in [1.29, 1.82) is 0 Å². The summed E-state index contributed by atoms with van der Waals surface area (Å²) in [6.45, 7) is 0. The molecule has 138 valence electrons. The summed E-state index contributed by atoms with van der Waals surface area (Å²) in [5.41, 5.74) is 2.06. The predicted octanol–water partition coefficient (Wildman–Crippen LogP) is 3.74. The van der Waals surface area contributed by atoms with Gasteiger partial charge >= 0.3 is 6.03 Å². The van der Waals surface area contributed by atoms with E-state index in [1.807, 2.05) is 43.3 Å². The van der Waals surface area contributed by atoms with E-state index in [0.717, 1.165) is 24.2 Å². The van der Waals surface area contributed by atoms with Crippen LogP contribution in [-0.2, 0) is 0 Å². The molecule has 0 saturated heterocycles. The van der Waals surface area contributed by atoms with Crippen molar-refractivity contribution in [1.82, 2.24) is 15.5 Å². The summed E-state index contributed by atoms with van der Waals surface area (Å²) in [6, 6.07) is 11.6. The lowest BCUT2D eigenvalue weighted by atomic mass is 9.96. The smallest absolute Gasteiger partial charge is 0.320 e. The molecule has 7 heteroatoms. The maximum atomic E-state index is 12.0. The third-order valence-electron chi connectivity index (χ3n) is 4.50. The van der Waals surface area contributed by atoms with Gasteiger partial charge in [0.2, 0.25) is 0 Å². The molecule has 7 nitrogen and oxygen atoms in total. The molecule has 1 saturated carbocycles. The second kappa shape index (κ2) is 8.51. The van der Waals surface area contributed by atoms with Gasteiger partial charge in [0, 0.05) is 31.5 Å². The quantitative estimate of drug-likeness (QED) is 0.762. The Labute approximate surface area is 154 Å². The van der Waals surface area contributed by atoms with Gasteiger partial charge in [-0.25, -0.2) is 4.79 Å². The van der Waals surface area contributed by atoms with Gasteiger partial charge in [0.1, 0.15) is 0 Å². The first-order valence-corrected chi connectivity index (χ1v) is 9.06. The van der Waals surface area contributed by atoms with Crippen LogP contribution in [-0.4, -0.2) is 36.4 Å². The Hall–Kier alpha value is -2.83. The van der Waals surface area contributed by atoms with E-state index in [4.69, 9.17) is 0 Å². The first-order chi connectivity index (χ1) is 12.6. The fourth-order valence-electron chi connectivity index (χ4n) is 3.04. The van der Waals surface area contributed by atoms with Gasteiger partial charge in [0.15, 0.2) is 11.6 Å². The summed E-state index contributed by atoms with van der Waals surface area (Å²) >= 11 is 0. The van der Waals surface area contributed by atoms with E-state index in [0.29, 0.717) is 11.6 Å². The molecule has 1 fully saturated rings. The molecule has 0 aliphatic heterocycles. The number of hydrogen-bond acceptors (Lipinski definition) is 5.